The van der Waals surface area contributed by atoms with Crippen LogP contribution in [0.5, 0.6) is 23.0 Å². The molecule has 0 saturated heterocycles. The quantitative estimate of drug-likeness (QED) is 0.173. The van der Waals surface area contributed by atoms with Gasteiger partial charge in [0.05, 0.1) is 34.7 Å². The Labute approximate surface area is 231 Å². The van der Waals surface area contributed by atoms with E-state index in [4.69, 9.17) is 47.9 Å². The van der Waals surface area contributed by atoms with Gasteiger partial charge >= 0.3 is 5.97 Å². The summed E-state index contributed by atoms with van der Waals surface area (Å²) in [4.78, 5) is 12.8. The van der Waals surface area contributed by atoms with Gasteiger partial charge in [-0.25, -0.2) is 4.79 Å². The van der Waals surface area contributed by atoms with E-state index in [-0.39, 0.29) is 27.2 Å². The Morgan fingerprint density at radius 1 is 1.03 bits per heavy atom. The molecule has 7 nitrogen and oxygen atoms in total. The third-order valence-electron chi connectivity index (χ3n) is 5.90. The lowest BCUT2D eigenvalue weighted by Gasteiger charge is -2.26. The zero-order chi connectivity index (χ0) is 27.2. The van der Waals surface area contributed by atoms with Gasteiger partial charge in [-0.2, -0.15) is 5.26 Å². The standard InChI is InChI=1S/C29H26Cl2N2O5/c1-3-5-12-36-19-8-6-17(7-9-19)26-21-11-10-20(15-25(21)38-28(33)22(26)16-32)37-29(34)18-13-23(30)27(35-4-2)24(31)14-18/h6-11,13-15,26H,3-5,12,33H2,1-2H3. The van der Waals surface area contributed by atoms with Crippen LogP contribution in [-0.4, -0.2) is 19.2 Å². The van der Waals surface area contributed by atoms with Crippen molar-refractivity contribution in [2.75, 3.05) is 13.2 Å². The van der Waals surface area contributed by atoms with E-state index in [9.17, 15) is 10.1 Å². The summed E-state index contributed by atoms with van der Waals surface area (Å²) in [5, 5.41) is 10.2. The number of esters is 1. The summed E-state index contributed by atoms with van der Waals surface area (Å²) in [6.45, 7) is 4.92. The second-order valence-electron chi connectivity index (χ2n) is 8.49. The number of ether oxygens (including phenoxy) is 4. The van der Waals surface area contributed by atoms with Crippen molar-refractivity contribution < 1.29 is 23.7 Å². The number of unbranched alkanes of at least 4 members (excludes halogenated alkanes) is 1. The number of fused-ring (bicyclic) bond motifs is 1. The molecule has 1 unspecified atom stereocenters. The first-order chi connectivity index (χ1) is 18.4. The van der Waals surface area contributed by atoms with Crippen molar-refractivity contribution in [1.29, 1.82) is 5.26 Å². The number of benzene rings is 3. The summed E-state index contributed by atoms with van der Waals surface area (Å²) in [6.07, 6.45) is 2.02. The lowest BCUT2D eigenvalue weighted by Crippen LogP contribution is -2.21. The summed E-state index contributed by atoms with van der Waals surface area (Å²) in [5.74, 6) is 0.524. The Balaban J connectivity index is 1.59. The number of halogens is 2. The zero-order valence-corrected chi connectivity index (χ0v) is 22.4. The van der Waals surface area contributed by atoms with Gasteiger partial charge < -0.3 is 24.7 Å². The molecule has 1 aliphatic rings. The molecule has 9 heteroatoms. The fourth-order valence-corrected chi connectivity index (χ4v) is 4.66. The predicted octanol–water partition coefficient (Wildman–Crippen LogP) is 7.01. The molecule has 3 aromatic carbocycles. The molecule has 38 heavy (non-hydrogen) atoms. The lowest BCUT2D eigenvalue weighted by molar-refractivity contribution is 0.0734. The van der Waals surface area contributed by atoms with Crippen molar-refractivity contribution in [1.82, 2.24) is 0 Å². The Hall–Kier alpha value is -3.86. The number of nitriles is 1. The molecule has 0 spiro atoms. The molecule has 1 heterocycles. The van der Waals surface area contributed by atoms with Crippen LogP contribution in [0.2, 0.25) is 10.0 Å². The van der Waals surface area contributed by atoms with Crippen LogP contribution in [0.4, 0.5) is 0 Å². The molecule has 4 rings (SSSR count). The van der Waals surface area contributed by atoms with Crippen molar-refractivity contribution in [2.24, 2.45) is 5.73 Å². The number of rotatable bonds is 9. The van der Waals surface area contributed by atoms with Gasteiger partial charge in [-0.3, -0.25) is 0 Å². The minimum Gasteiger partial charge on any atom is -0.494 e. The topological polar surface area (TPSA) is 104 Å². The summed E-state index contributed by atoms with van der Waals surface area (Å²) in [5.41, 5.74) is 8.13. The maximum absolute atomic E-state index is 12.8. The highest BCUT2D eigenvalue weighted by Gasteiger charge is 2.31. The monoisotopic (exact) mass is 552 g/mol. The molecule has 1 aliphatic heterocycles. The first-order valence-electron chi connectivity index (χ1n) is 12.1. The van der Waals surface area contributed by atoms with Crippen LogP contribution in [0.25, 0.3) is 0 Å². The third kappa shape index (κ3) is 5.83. The molecule has 196 valence electrons. The molecule has 0 bridgehead atoms. The molecular formula is C29H26Cl2N2O5. The number of nitrogens with two attached hydrogens (primary N) is 1. The van der Waals surface area contributed by atoms with Crippen molar-refractivity contribution in [3.8, 4) is 29.1 Å². The normalized spacial score (nSPS) is 14.2. The maximum atomic E-state index is 12.8. The highest BCUT2D eigenvalue weighted by molar-refractivity contribution is 6.37. The number of allylic oxidation sites excluding steroid dienone is 1. The van der Waals surface area contributed by atoms with E-state index in [1.807, 2.05) is 24.3 Å². The van der Waals surface area contributed by atoms with Crippen molar-refractivity contribution >= 4 is 29.2 Å². The van der Waals surface area contributed by atoms with E-state index >= 15 is 0 Å². The van der Waals surface area contributed by atoms with Gasteiger partial charge in [0.15, 0.2) is 5.75 Å². The van der Waals surface area contributed by atoms with Gasteiger partial charge in [0.25, 0.3) is 0 Å². The van der Waals surface area contributed by atoms with Gasteiger partial charge in [0.1, 0.15) is 28.9 Å². The van der Waals surface area contributed by atoms with E-state index in [1.165, 1.54) is 12.1 Å². The Morgan fingerprint density at radius 2 is 1.71 bits per heavy atom. The fourth-order valence-electron chi connectivity index (χ4n) is 4.06. The second-order valence-corrected chi connectivity index (χ2v) is 9.30. The molecule has 0 aromatic heterocycles. The first kappa shape index (κ1) is 27.2. The van der Waals surface area contributed by atoms with Crippen molar-refractivity contribution in [2.45, 2.75) is 32.6 Å². The highest BCUT2D eigenvalue weighted by Crippen LogP contribution is 2.44. The molecule has 3 aromatic rings. The molecule has 0 amide bonds. The van der Waals surface area contributed by atoms with Gasteiger partial charge in [-0.05, 0) is 49.2 Å². The number of hydrogen-bond donors (Lipinski definition) is 1. The minimum absolute atomic E-state index is 0.0122. The van der Waals surface area contributed by atoms with Crippen LogP contribution < -0.4 is 24.7 Å². The minimum atomic E-state index is -0.663. The van der Waals surface area contributed by atoms with Crippen LogP contribution >= 0.6 is 23.2 Å². The van der Waals surface area contributed by atoms with Crippen molar-refractivity contribution in [3.05, 3.63) is 92.8 Å². The van der Waals surface area contributed by atoms with Crippen LogP contribution in [0.3, 0.4) is 0 Å². The van der Waals surface area contributed by atoms with Crippen LogP contribution in [0.1, 0.15) is 54.1 Å². The molecule has 0 radical (unpaired) electrons. The fraction of sp³-hybridized carbons (Fsp3) is 0.241. The first-order valence-corrected chi connectivity index (χ1v) is 12.9. The summed E-state index contributed by atoms with van der Waals surface area (Å²) in [7, 11) is 0. The largest absolute Gasteiger partial charge is 0.494 e. The van der Waals surface area contributed by atoms with Crippen molar-refractivity contribution in [3.63, 3.8) is 0 Å². The van der Waals surface area contributed by atoms with E-state index in [0.717, 1.165) is 24.2 Å². The van der Waals surface area contributed by atoms with Crippen LogP contribution in [-0.2, 0) is 0 Å². The van der Waals surface area contributed by atoms with Gasteiger partial charge in [-0.1, -0.05) is 54.7 Å². The van der Waals surface area contributed by atoms with Gasteiger partial charge in [0, 0.05) is 11.6 Å². The zero-order valence-electron chi connectivity index (χ0n) is 20.9. The smallest absolute Gasteiger partial charge is 0.343 e. The van der Waals surface area contributed by atoms with Crippen LogP contribution in [0, 0.1) is 11.3 Å². The summed E-state index contributed by atoms with van der Waals surface area (Å²) < 4.78 is 22.5. The number of nitrogens with zero attached hydrogens (tertiary/aromatic N) is 1. The SMILES string of the molecule is CCCCOc1ccc(C2C(C#N)=C(N)Oc3cc(OC(=O)c4cc(Cl)c(OCC)c(Cl)c4)ccc32)cc1. The van der Waals surface area contributed by atoms with Gasteiger partial charge in [0.2, 0.25) is 5.88 Å². The second kappa shape index (κ2) is 12.1. The average Bonchev–Trinajstić information content (AvgIpc) is 2.90. The molecule has 1 atom stereocenters. The molecular weight excluding hydrogens is 527 g/mol. The van der Waals surface area contributed by atoms with E-state index in [2.05, 4.69) is 13.0 Å². The maximum Gasteiger partial charge on any atom is 0.343 e. The average molecular weight is 553 g/mol. The molecule has 0 aliphatic carbocycles. The third-order valence-corrected chi connectivity index (χ3v) is 6.47. The van der Waals surface area contributed by atoms with E-state index in [0.29, 0.717) is 35.8 Å². The summed E-state index contributed by atoms with van der Waals surface area (Å²) >= 11 is 12.4. The molecule has 0 saturated carbocycles. The Kier molecular flexibility index (Phi) is 8.67. The molecule has 0 fully saturated rings. The molecule has 2 N–H and O–H groups in total. The lowest BCUT2D eigenvalue weighted by atomic mass is 9.83. The summed E-state index contributed by atoms with van der Waals surface area (Å²) in [6, 6.07) is 17.5. The number of carbonyl (C=O) groups is 1. The van der Waals surface area contributed by atoms with Crippen LogP contribution in [0.15, 0.2) is 66.1 Å². The number of hydrogen-bond acceptors (Lipinski definition) is 7. The predicted molar refractivity (Wildman–Crippen MR) is 145 cm³/mol. The number of carbonyl (C=O) groups excluding carboxylic acids is 1. The Bertz CT molecular complexity index is 1390. The Morgan fingerprint density at radius 3 is 2.34 bits per heavy atom. The van der Waals surface area contributed by atoms with Gasteiger partial charge in [-0.15, -0.1) is 0 Å². The van der Waals surface area contributed by atoms with E-state index < -0.39 is 11.9 Å². The highest BCUT2D eigenvalue weighted by atomic mass is 35.5. The van der Waals surface area contributed by atoms with E-state index in [1.54, 1.807) is 25.1 Å².